The maximum Gasteiger partial charge on any atom is 0.241 e. The van der Waals surface area contributed by atoms with Crippen molar-refractivity contribution in [2.45, 2.75) is 31.8 Å². The lowest BCUT2D eigenvalue weighted by Crippen LogP contribution is -2.51. The summed E-state index contributed by atoms with van der Waals surface area (Å²) in [6.07, 6.45) is 3.48. The molecule has 0 N–H and O–H groups in total. The van der Waals surface area contributed by atoms with Crippen molar-refractivity contribution in [1.29, 1.82) is 0 Å². The molecule has 0 aliphatic carbocycles. The van der Waals surface area contributed by atoms with E-state index in [-0.39, 0.29) is 5.91 Å². The van der Waals surface area contributed by atoms with Crippen LogP contribution in [0.15, 0.2) is 15.9 Å². The van der Waals surface area contributed by atoms with Crippen LogP contribution in [0.5, 0.6) is 0 Å². The standard InChI is InChI=1S/C13H19BrN2O3S2/c1-15(8-11-7-10(14)9-20-11)13(17)12-5-3-4-6-16(12)21(2,18)19/h7,9,12H,3-6,8H2,1-2H3. The predicted molar refractivity (Wildman–Crippen MR) is 87.7 cm³/mol. The molecule has 0 radical (unpaired) electrons. The number of amides is 1. The number of likely N-dealkylation sites (N-methyl/N-ethyl adjacent to an activating group) is 1. The molecule has 5 nitrogen and oxygen atoms in total. The predicted octanol–water partition coefficient (Wildman–Crippen LogP) is 2.28. The Morgan fingerprint density at radius 1 is 1.52 bits per heavy atom. The van der Waals surface area contributed by atoms with Crippen LogP contribution in [0.25, 0.3) is 0 Å². The van der Waals surface area contributed by atoms with E-state index >= 15 is 0 Å². The summed E-state index contributed by atoms with van der Waals surface area (Å²) in [5, 5.41) is 1.97. The highest BCUT2D eigenvalue weighted by atomic mass is 79.9. The van der Waals surface area contributed by atoms with Gasteiger partial charge < -0.3 is 4.90 Å². The van der Waals surface area contributed by atoms with Gasteiger partial charge in [0.15, 0.2) is 0 Å². The minimum absolute atomic E-state index is 0.121. The van der Waals surface area contributed by atoms with Gasteiger partial charge in [-0.2, -0.15) is 4.31 Å². The van der Waals surface area contributed by atoms with Crippen LogP contribution in [0.4, 0.5) is 0 Å². The fourth-order valence-electron chi connectivity index (χ4n) is 2.55. The lowest BCUT2D eigenvalue weighted by Gasteiger charge is -2.34. The zero-order valence-electron chi connectivity index (χ0n) is 12.1. The van der Waals surface area contributed by atoms with E-state index in [0.717, 1.165) is 22.2 Å². The third-order valence-corrected chi connectivity index (χ3v) is 6.53. The Balaban J connectivity index is 2.09. The van der Waals surface area contributed by atoms with E-state index in [1.165, 1.54) is 10.6 Å². The SMILES string of the molecule is CN(Cc1cc(Br)cs1)C(=O)C1CCCCN1S(C)(=O)=O. The molecule has 0 spiro atoms. The van der Waals surface area contributed by atoms with Gasteiger partial charge in [0.05, 0.1) is 12.8 Å². The van der Waals surface area contributed by atoms with Crippen molar-refractivity contribution in [2.24, 2.45) is 0 Å². The smallest absolute Gasteiger partial charge is 0.241 e. The maximum atomic E-state index is 12.6. The maximum absolute atomic E-state index is 12.6. The van der Waals surface area contributed by atoms with Crippen LogP contribution < -0.4 is 0 Å². The van der Waals surface area contributed by atoms with Crippen molar-refractivity contribution < 1.29 is 13.2 Å². The van der Waals surface area contributed by atoms with Crippen molar-refractivity contribution >= 4 is 43.2 Å². The van der Waals surface area contributed by atoms with Gasteiger partial charge in [0.1, 0.15) is 6.04 Å². The lowest BCUT2D eigenvalue weighted by atomic mass is 10.0. The minimum atomic E-state index is -3.34. The van der Waals surface area contributed by atoms with Crippen LogP contribution in [-0.4, -0.2) is 49.4 Å². The van der Waals surface area contributed by atoms with E-state index in [4.69, 9.17) is 0 Å². The van der Waals surface area contributed by atoms with Gasteiger partial charge in [-0.3, -0.25) is 4.79 Å². The molecule has 1 unspecified atom stereocenters. The number of nitrogens with zero attached hydrogens (tertiary/aromatic N) is 2. The average Bonchev–Trinajstić information content (AvgIpc) is 2.82. The third-order valence-electron chi connectivity index (χ3n) is 3.56. The molecule has 0 aromatic carbocycles. The van der Waals surface area contributed by atoms with Crippen molar-refractivity contribution in [3.63, 3.8) is 0 Å². The molecule has 118 valence electrons. The molecule has 2 rings (SSSR count). The molecule has 1 atom stereocenters. The summed E-state index contributed by atoms with van der Waals surface area (Å²) in [5.41, 5.74) is 0. The number of piperidine rings is 1. The molecule has 0 saturated carbocycles. The molecule has 1 aliphatic rings. The lowest BCUT2D eigenvalue weighted by molar-refractivity contribution is -0.135. The van der Waals surface area contributed by atoms with E-state index in [0.29, 0.717) is 19.5 Å². The number of carbonyl (C=O) groups is 1. The Morgan fingerprint density at radius 3 is 2.81 bits per heavy atom. The van der Waals surface area contributed by atoms with E-state index < -0.39 is 16.1 Å². The largest absolute Gasteiger partial charge is 0.339 e. The van der Waals surface area contributed by atoms with E-state index in [1.807, 2.05) is 11.4 Å². The van der Waals surface area contributed by atoms with Crippen LogP contribution >= 0.6 is 27.3 Å². The number of carbonyl (C=O) groups excluding carboxylic acids is 1. The van der Waals surface area contributed by atoms with Crippen LogP contribution in [0.1, 0.15) is 24.1 Å². The molecule has 1 fully saturated rings. The Morgan fingerprint density at radius 2 is 2.24 bits per heavy atom. The van der Waals surface area contributed by atoms with Crippen LogP contribution in [0, 0.1) is 0 Å². The van der Waals surface area contributed by atoms with Gasteiger partial charge in [0.25, 0.3) is 0 Å². The monoisotopic (exact) mass is 394 g/mol. The summed E-state index contributed by atoms with van der Waals surface area (Å²) >= 11 is 4.97. The molecule has 1 amide bonds. The summed E-state index contributed by atoms with van der Waals surface area (Å²) in [7, 11) is -1.61. The molecular formula is C13H19BrN2O3S2. The summed E-state index contributed by atoms with van der Waals surface area (Å²) in [5.74, 6) is -0.121. The number of sulfonamides is 1. The second kappa shape index (κ2) is 6.76. The zero-order chi connectivity index (χ0) is 15.6. The van der Waals surface area contributed by atoms with E-state index in [9.17, 15) is 13.2 Å². The van der Waals surface area contributed by atoms with Gasteiger partial charge >= 0.3 is 0 Å². The van der Waals surface area contributed by atoms with Crippen molar-refractivity contribution in [3.05, 3.63) is 20.8 Å². The van der Waals surface area contributed by atoms with Gasteiger partial charge in [-0.15, -0.1) is 11.3 Å². The fourth-order valence-corrected chi connectivity index (χ4v) is 5.17. The topological polar surface area (TPSA) is 57.7 Å². The molecule has 1 aromatic heterocycles. The first-order chi connectivity index (χ1) is 9.79. The number of hydrogen-bond acceptors (Lipinski definition) is 4. The number of hydrogen-bond donors (Lipinski definition) is 0. The second-order valence-electron chi connectivity index (χ2n) is 5.31. The molecule has 2 heterocycles. The Kier molecular flexibility index (Phi) is 5.45. The summed E-state index contributed by atoms with van der Waals surface area (Å²) in [6, 6.07) is 1.42. The molecular weight excluding hydrogens is 376 g/mol. The van der Waals surface area contributed by atoms with Crippen LogP contribution in [0.2, 0.25) is 0 Å². The molecule has 0 bridgehead atoms. The molecule has 21 heavy (non-hydrogen) atoms. The molecule has 1 aliphatic heterocycles. The van der Waals surface area contributed by atoms with Gasteiger partial charge in [-0.05, 0) is 34.8 Å². The Hall–Kier alpha value is -0.440. The number of rotatable bonds is 4. The first-order valence-corrected chi connectivity index (χ1v) is 10.3. The van der Waals surface area contributed by atoms with Crippen molar-refractivity contribution in [2.75, 3.05) is 19.8 Å². The quantitative estimate of drug-likeness (QED) is 0.786. The summed E-state index contributed by atoms with van der Waals surface area (Å²) < 4.78 is 26.0. The normalized spacial score (nSPS) is 20.4. The molecule has 1 saturated heterocycles. The van der Waals surface area contributed by atoms with Gasteiger partial charge in [-0.25, -0.2) is 8.42 Å². The first kappa shape index (κ1) is 16.9. The fraction of sp³-hybridized carbons (Fsp3) is 0.615. The summed E-state index contributed by atoms with van der Waals surface area (Å²) in [4.78, 5) is 15.3. The zero-order valence-corrected chi connectivity index (χ0v) is 15.3. The Labute approximate surface area is 138 Å². The second-order valence-corrected chi connectivity index (χ2v) is 9.16. The van der Waals surface area contributed by atoms with Crippen LogP contribution in [-0.2, 0) is 21.4 Å². The third kappa shape index (κ3) is 4.28. The number of halogens is 1. The molecule has 8 heteroatoms. The minimum Gasteiger partial charge on any atom is -0.339 e. The van der Waals surface area contributed by atoms with Gasteiger partial charge in [0.2, 0.25) is 15.9 Å². The highest BCUT2D eigenvalue weighted by Crippen LogP contribution is 2.24. The number of thiophene rings is 1. The van der Waals surface area contributed by atoms with Crippen molar-refractivity contribution in [1.82, 2.24) is 9.21 Å². The first-order valence-electron chi connectivity index (χ1n) is 6.74. The average molecular weight is 395 g/mol. The highest BCUT2D eigenvalue weighted by Gasteiger charge is 2.35. The highest BCUT2D eigenvalue weighted by molar-refractivity contribution is 9.10. The van der Waals surface area contributed by atoms with Gasteiger partial charge in [-0.1, -0.05) is 6.42 Å². The van der Waals surface area contributed by atoms with E-state index in [1.54, 1.807) is 23.3 Å². The van der Waals surface area contributed by atoms with Crippen molar-refractivity contribution in [3.8, 4) is 0 Å². The Bertz CT molecular complexity index is 615. The van der Waals surface area contributed by atoms with Gasteiger partial charge in [0, 0.05) is 28.3 Å². The van der Waals surface area contributed by atoms with Crippen LogP contribution in [0.3, 0.4) is 0 Å². The molecule has 1 aromatic rings. The summed E-state index contributed by atoms with van der Waals surface area (Å²) in [6.45, 7) is 0.941. The van der Waals surface area contributed by atoms with E-state index in [2.05, 4.69) is 15.9 Å².